The Labute approximate surface area is 114 Å². The van der Waals surface area contributed by atoms with Crippen molar-refractivity contribution in [1.82, 2.24) is 10.6 Å². The first-order valence-electron chi connectivity index (χ1n) is 6.87. The molecule has 0 spiro atoms. The average molecular weight is 262 g/mol. The minimum absolute atomic E-state index is 0.00907. The Morgan fingerprint density at radius 1 is 1.37 bits per heavy atom. The lowest BCUT2D eigenvalue weighted by atomic mass is 10.1. The van der Waals surface area contributed by atoms with E-state index < -0.39 is 0 Å². The standard InChI is InChI=1S/C15H22N2O2/c1-11-5-6-12(10-14(11)19-2)15(18)17-13-4-3-8-16-9-7-13/h5-6,10,13,16H,3-4,7-9H2,1-2H3,(H,17,18). The lowest BCUT2D eigenvalue weighted by Gasteiger charge is -2.16. The molecule has 2 N–H and O–H groups in total. The number of methoxy groups -OCH3 is 1. The van der Waals surface area contributed by atoms with Gasteiger partial charge < -0.3 is 15.4 Å². The lowest BCUT2D eigenvalue weighted by molar-refractivity contribution is 0.0933. The first-order valence-corrected chi connectivity index (χ1v) is 6.87. The fourth-order valence-electron chi connectivity index (χ4n) is 2.39. The molecule has 1 aromatic rings. The van der Waals surface area contributed by atoms with E-state index in [9.17, 15) is 4.79 Å². The van der Waals surface area contributed by atoms with Crippen LogP contribution in [0, 0.1) is 6.92 Å². The molecule has 4 heteroatoms. The van der Waals surface area contributed by atoms with E-state index in [4.69, 9.17) is 4.74 Å². The van der Waals surface area contributed by atoms with Crippen molar-refractivity contribution in [3.05, 3.63) is 29.3 Å². The van der Waals surface area contributed by atoms with Crippen LogP contribution in [-0.2, 0) is 0 Å². The van der Waals surface area contributed by atoms with Crippen molar-refractivity contribution in [3.8, 4) is 5.75 Å². The van der Waals surface area contributed by atoms with Crippen molar-refractivity contribution in [3.63, 3.8) is 0 Å². The molecule has 0 aromatic heterocycles. The third kappa shape index (κ3) is 3.70. The van der Waals surface area contributed by atoms with Gasteiger partial charge in [-0.1, -0.05) is 6.07 Å². The summed E-state index contributed by atoms with van der Waals surface area (Å²) in [6.45, 7) is 3.99. The van der Waals surface area contributed by atoms with Gasteiger partial charge in [0.05, 0.1) is 7.11 Å². The molecule has 4 nitrogen and oxygen atoms in total. The predicted octanol–water partition coefficient (Wildman–Crippen LogP) is 1.88. The summed E-state index contributed by atoms with van der Waals surface area (Å²) in [5.41, 5.74) is 1.71. The van der Waals surface area contributed by atoms with Crippen molar-refractivity contribution in [2.75, 3.05) is 20.2 Å². The summed E-state index contributed by atoms with van der Waals surface area (Å²) < 4.78 is 5.26. The molecular formula is C15H22N2O2. The summed E-state index contributed by atoms with van der Waals surface area (Å²) in [5.74, 6) is 0.750. The van der Waals surface area contributed by atoms with E-state index in [1.165, 1.54) is 0 Å². The van der Waals surface area contributed by atoms with Crippen molar-refractivity contribution in [2.24, 2.45) is 0 Å². The Morgan fingerprint density at radius 3 is 3.00 bits per heavy atom. The molecule has 19 heavy (non-hydrogen) atoms. The minimum atomic E-state index is -0.00907. The van der Waals surface area contributed by atoms with E-state index in [0.717, 1.165) is 43.7 Å². The molecule has 1 amide bonds. The number of carbonyl (C=O) groups excluding carboxylic acids is 1. The van der Waals surface area contributed by atoms with Gasteiger partial charge in [-0.3, -0.25) is 4.79 Å². The number of hydrogen-bond acceptors (Lipinski definition) is 3. The summed E-state index contributed by atoms with van der Waals surface area (Å²) in [7, 11) is 1.63. The van der Waals surface area contributed by atoms with Crippen LogP contribution in [0.15, 0.2) is 18.2 Å². The molecule has 1 saturated heterocycles. The highest BCUT2D eigenvalue weighted by atomic mass is 16.5. The highest BCUT2D eigenvalue weighted by molar-refractivity contribution is 5.94. The third-order valence-corrected chi connectivity index (χ3v) is 3.58. The van der Waals surface area contributed by atoms with Crippen LogP contribution >= 0.6 is 0 Å². The van der Waals surface area contributed by atoms with Crippen molar-refractivity contribution < 1.29 is 9.53 Å². The molecule has 104 valence electrons. The number of rotatable bonds is 3. The van der Waals surface area contributed by atoms with Crippen LogP contribution in [0.25, 0.3) is 0 Å². The maximum Gasteiger partial charge on any atom is 0.251 e. The summed E-state index contributed by atoms with van der Waals surface area (Å²) >= 11 is 0. The van der Waals surface area contributed by atoms with Crippen LogP contribution in [0.5, 0.6) is 5.75 Å². The fourth-order valence-corrected chi connectivity index (χ4v) is 2.39. The van der Waals surface area contributed by atoms with Gasteiger partial charge in [0.15, 0.2) is 0 Å². The molecule has 2 rings (SSSR count). The molecule has 0 saturated carbocycles. The van der Waals surface area contributed by atoms with Crippen LogP contribution in [0.4, 0.5) is 0 Å². The first-order chi connectivity index (χ1) is 9.20. The molecule has 1 atom stereocenters. The lowest BCUT2D eigenvalue weighted by Crippen LogP contribution is -2.35. The molecule has 1 aliphatic heterocycles. The van der Waals surface area contributed by atoms with Gasteiger partial charge in [-0.2, -0.15) is 0 Å². The van der Waals surface area contributed by atoms with Crippen LogP contribution in [0.3, 0.4) is 0 Å². The van der Waals surface area contributed by atoms with Gasteiger partial charge >= 0.3 is 0 Å². The van der Waals surface area contributed by atoms with Gasteiger partial charge in [0.2, 0.25) is 0 Å². The van der Waals surface area contributed by atoms with Crippen LogP contribution in [0.2, 0.25) is 0 Å². The SMILES string of the molecule is COc1cc(C(=O)NC2CCCNCC2)ccc1C. The summed E-state index contributed by atoms with van der Waals surface area (Å²) in [6, 6.07) is 5.85. The third-order valence-electron chi connectivity index (χ3n) is 3.58. The number of amides is 1. The molecular weight excluding hydrogens is 240 g/mol. The molecule has 1 aliphatic rings. The summed E-state index contributed by atoms with van der Waals surface area (Å²) in [4.78, 5) is 12.2. The fraction of sp³-hybridized carbons (Fsp3) is 0.533. The van der Waals surface area contributed by atoms with E-state index in [-0.39, 0.29) is 11.9 Å². The Morgan fingerprint density at radius 2 is 2.21 bits per heavy atom. The minimum Gasteiger partial charge on any atom is -0.496 e. The molecule has 1 unspecified atom stereocenters. The summed E-state index contributed by atoms with van der Waals surface area (Å²) in [5, 5.41) is 6.46. The average Bonchev–Trinajstić information content (AvgIpc) is 2.68. The molecule has 0 bridgehead atoms. The number of hydrogen-bond donors (Lipinski definition) is 2. The second-order valence-electron chi connectivity index (χ2n) is 5.04. The number of aryl methyl sites for hydroxylation is 1. The van der Waals surface area contributed by atoms with Gasteiger partial charge in [-0.25, -0.2) is 0 Å². The Hall–Kier alpha value is -1.55. The van der Waals surface area contributed by atoms with Gasteiger partial charge in [-0.05, 0) is 57.0 Å². The zero-order chi connectivity index (χ0) is 13.7. The van der Waals surface area contributed by atoms with E-state index >= 15 is 0 Å². The number of ether oxygens (including phenoxy) is 1. The van der Waals surface area contributed by atoms with E-state index in [1.807, 2.05) is 19.1 Å². The van der Waals surface area contributed by atoms with E-state index in [1.54, 1.807) is 13.2 Å². The Bertz CT molecular complexity index is 438. The smallest absolute Gasteiger partial charge is 0.251 e. The zero-order valence-corrected chi connectivity index (χ0v) is 11.7. The van der Waals surface area contributed by atoms with Crippen LogP contribution in [-0.4, -0.2) is 32.1 Å². The molecule has 0 radical (unpaired) electrons. The second-order valence-corrected chi connectivity index (χ2v) is 5.04. The Kier molecular flexibility index (Phi) is 4.80. The van der Waals surface area contributed by atoms with Gasteiger partial charge in [0.1, 0.15) is 5.75 Å². The quantitative estimate of drug-likeness (QED) is 0.874. The summed E-state index contributed by atoms with van der Waals surface area (Å²) in [6.07, 6.45) is 3.15. The first kappa shape index (κ1) is 13.9. The van der Waals surface area contributed by atoms with Crippen molar-refractivity contribution in [2.45, 2.75) is 32.2 Å². The highest BCUT2D eigenvalue weighted by Crippen LogP contribution is 2.19. The largest absolute Gasteiger partial charge is 0.496 e. The normalized spacial score (nSPS) is 19.6. The molecule has 1 fully saturated rings. The zero-order valence-electron chi connectivity index (χ0n) is 11.7. The van der Waals surface area contributed by atoms with E-state index in [0.29, 0.717) is 5.56 Å². The van der Waals surface area contributed by atoms with Crippen molar-refractivity contribution >= 4 is 5.91 Å². The number of nitrogens with one attached hydrogen (secondary N) is 2. The van der Waals surface area contributed by atoms with Crippen LogP contribution < -0.4 is 15.4 Å². The monoisotopic (exact) mass is 262 g/mol. The van der Waals surface area contributed by atoms with Crippen molar-refractivity contribution in [1.29, 1.82) is 0 Å². The molecule has 1 aromatic carbocycles. The van der Waals surface area contributed by atoms with Gasteiger partial charge in [0.25, 0.3) is 5.91 Å². The maximum atomic E-state index is 12.2. The Balaban J connectivity index is 2.02. The van der Waals surface area contributed by atoms with E-state index in [2.05, 4.69) is 10.6 Å². The maximum absolute atomic E-state index is 12.2. The highest BCUT2D eigenvalue weighted by Gasteiger charge is 2.16. The number of benzene rings is 1. The second kappa shape index (κ2) is 6.57. The van der Waals surface area contributed by atoms with Crippen LogP contribution in [0.1, 0.15) is 35.2 Å². The van der Waals surface area contributed by atoms with Gasteiger partial charge in [-0.15, -0.1) is 0 Å². The topological polar surface area (TPSA) is 50.4 Å². The number of carbonyl (C=O) groups is 1. The predicted molar refractivity (Wildman–Crippen MR) is 75.7 cm³/mol. The molecule has 0 aliphatic carbocycles. The molecule has 1 heterocycles. The van der Waals surface area contributed by atoms with Gasteiger partial charge in [0, 0.05) is 11.6 Å².